The number of hydrogen-bond donors (Lipinski definition) is 2. The van der Waals surface area contributed by atoms with Crippen molar-refractivity contribution in [2.45, 2.75) is 0 Å². The van der Waals surface area contributed by atoms with E-state index in [1.807, 2.05) is 60.7 Å². The van der Waals surface area contributed by atoms with Gasteiger partial charge in [0.1, 0.15) is 0 Å². The standard InChI is InChI=1S/C24H16N2O2/c27-23-13-19(15-7-3-1-4-8-15)25-21-11-18-22(12-17(21)23)26-20(14-24(18)28)16-9-5-2-6-10-16/h1-14H,(H,25,27)(H,26,28). The van der Waals surface area contributed by atoms with Gasteiger partial charge in [0.2, 0.25) is 0 Å². The number of aromatic nitrogens is 2. The number of fused-ring (bicyclic) bond motifs is 2. The first-order chi connectivity index (χ1) is 13.7. The molecule has 2 aromatic heterocycles. The molecule has 5 rings (SSSR count). The van der Waals surface area contributed by atoms with Crippen LogP contribution in [0.3, 0.4) is 0 Å². The Labute approximate surface area is 160 Å². The summed E-state index contributed by atoms with van der Waals surface area (Å²) < 4.78 is 0. The van der Waals surface area contributed by atoms with Crippen molar-refractivity contribution in [1.82, 2.24) is 9.97 Å². The van der Waals surface area contributed by atoms with Crippen LogP contribution in [0.1, 0.15) is 0 Å². The second kappa shape index (κ2) is 6.35. The van der Waals surface area contributed by atoms with Gasteiger partial charge in [0.25, 0.3) is 0 Å². The SMILES string of the molecule is O=c1cc(-c2ccccc2)[nH]c2cc3c(=O)cc(-c4ccccc4)[nH]c3cc12. The summed E-state index contributed by atoms with van der Waals surface area (Å²) in [4.78, 5) is 32.1. The largest absolute Gasteiger partial charge is 0.354 e. The number of rotatable bonds is 2. The molecule has 0 saturated heterocycles. The van der Waals surface area contributed by atoms with Gasteiger partial charge >= 0.3 is 0 Å². The van der Waals surface area contributed by atoms with E-state index in [1.165, 1.54) is 0 Å². The van der Waals surface area contributed by atoms with Crippen molar-refractivity contribution in [2.24, 2.45) is 0 Å². The van der Waals surface area contributed by atoms with E-state index in [2.05, 4.69) is 9.97 Å². The Hall–Kier alpha value is -3.92. The fourth-order valence-corrected chi connectivity index (χ4v) is 3.54. The summed E-state index contributed by atoms with van der Waals surface area (Å²) in [6.07, 6.45) is 0. The summed E-state index contributed by atoms with van der Waals surface area (Å²) in [5.41, 5.74) is 4.45. The normalized spacial score (nSPS) is 11.1. The molecule has 134 valence electrons. The van der Waals surface area contributed by atoms with Crippen LogP contribution in [0, 0.1) is 0 Å². The molecule has 2 heterocycles. The van der Waals surface area contributed by atoms with Gasteiger partial charge in [0, 0.05) is 34.3 Å². The summed E-state index contributed by atoms with van der Waals surface area (Å²) in [6.45, 7) is 0. The van der Waals surface area contributed by atoms with Crippen LogP contribution in [0.4, 0.5) is 0 Å². The van der Waals surface area contributed by atoms with E-state index in [-0.39, 0.29) is 10.9 Å². The van der Waals surface area contributed by atoms with Gasteiger partial charge in [-0.05, 0) is 23.3 Å². The van der Waals surface area contributed by atoms with E-state index in [0.717, 1.165) is 22.5 Å². The van der Waals surface area contributed by atoms with Crippen molar-refractivity contribution in [1.29, 1.82) is 0 Å². The van der Waals surface area contributed by atoms with Gasteiger partial charge in [0.15, 0.2) is 10.9 Å². The maximum Gasteiger partial charge on any atom is 0.190 e. The van der Waals surface area contributed by atoms with Crippen LogP contribution in [0.15, 0.2) is 94.5 Å². The van der Waals surface area contributed by atoms with Crippen LogP contribution >= 0.6 is 0 Å². The summed E-state index contributed by atoms with van der Waals surface area (Å²) in [5, 5.41) is 1.10. The third-order valence-electron chi connectivity index (χ3n) is 4.95. The van der Waals surface area contributed by atoms with E-state index < -0.39 is 0 Å². The molecule has 0 fully saturated rings. The second-order valence-electron chi connectivity index (χ2n) is 6.77. The van der Waals surface area contributed by atoms with E-state index >= 15 is 0 Å². The Kier molecular flexibility index (Phi) is 3.69. The molecule has 0 aliphatic rings. The lowest BCUT2D eigenvalue weighted by Crippen LogP contribution is -2.07. The lowest BCUT2D eigenvalue weighted by atomic mass is 10.1. The van der Waals surface area contributed by atoms with Crippen LogP contribution in [-0.2, 0) is 0 Å². The molecule has 2 N–H and O–H groups in total. The molecule has 28 heavy (non-hydrogen) atoms. The molecule has 3 aromatic carbocycles. The van der Waals surface area contributed by atoms with Gasteiger partial charge in [0.05, 0.1) is 11.0 Å². The molecule has 0 aliphatic carbocycles. The van der Waals surface area contributed by atoms with Gasteiger partial charge in [-0.3, -0.25) is 9.59 Å². The fraction of sp³-hybridized carbons (Fsp3) is 0. The number of H-pyrrole nitrogens is 2. The highest BCUT2D eigenvalue weighted by Crippen LogP contribution is 2.23. The van der Waals surface area contributed by atoms with E-state index in [9.17, 15) is 9.59 Å². The zero-order valence-electron chi connectivity index (χ0n) is 14.9. The van der Waals surface area contributed by atoms with Crippen LogP contribution in [0.25, 0.3) is 44.3 Å². The molecule has 0 atom stereocenters. The molecule has 0 radical (unpaired) electrons. The Bertz CT molecular complexity index is 1320. The molecule has 0 aliphatic heterocycles. The minimum Gasteiger partial charge on any atom is -0.354 e. The van der Waals surface area contributed by atoms with E-state index in [1.54, 1.807) is 24.3 Å². The first kappa shape index (κ1) is 16.3. The average molecular weight is 364 g/mol. The van der Waals surface area contributed by atoms with Gasteiger partial charge in [-0.15, -0.1) is 0 Å². The second-order valence-corrected chi connectivity index (χ2v) is 6.77. The molecule has 4 heteroatoms. The quantitative estimate of drug-likeness (QED) is 0.446. The van der Waals surface area contributed by atoms with Crippen molar-refractivity contribution < 1.29 is 0 Å². The van der Waals surface area contributed by atoms with Gasteiger partial charge in [-0.2, -0.15) is 0 Å². The summed E-state index contributed by atoms with van der Waals surface area (Å²) in [7, 11) is 0. The zero-order chi connectivity index (χ0) is 19.1. The monoisotopic (exact) mass is 364 g/mol. The summed E-state index contributed by atoms with van der Waals surface area (Å²) >= 11 is 0. The minimum absolute atomic E-state index is 0.0829. The Morgan fingerprint density at radius 3 is 1.29 bits per heavy atom. The Balaban J connectivity index is 1.76. The van der Waals surface area contributed by atoms with E-state index in [0.29, 0.717) is 21.8 Å². The van der Waals surface area contributed by atoms with Crippen LogP contribution in [-0.4, -0.2) is 9.97 Å². The van der Waals surface area contributed by atoms with Gasteiger partial charge < -0.3 is 9.97 Å². The third-order valence-corrected chi connectivity index (χ3v) is 4.95. The first-order valence-electron chi connectivity index (χ1n) is 9.04. The molecular weight excluding hydrogens is 348 g/mol. The highest BCUT2D eigenvalue weighted by molar-refractivity contribution is 5.96. The summed E-state index contributed by atoms with van der Waals surface area (Å²) in [6, 6.07) is 26.0. The molecule has 0 saturated carbocycles. The van der Waals surface area contributed by atoms with Crippen LogP contribution in [0.5, 0.6) is 0 Å². The number of aromatic amines is 2. The van der Waals surface area contributed by atoms with Crippen molar-refractivity contribution in [3.05, 3.63) is 105 Å². The van der Waals surface area contributed by atoms with Gasteiger partial charge in [-0.1, -0.05) is 60.7 Å². The van der Waals surface area contributed by atoms with Crippen LogP contribution in [0.2, 0.25) is 0 Å². The smallest absolute Gasteiger partial charge is 0.190 e. The molecule has 0 spiro atoms. The zero-order valence-corrected chi connectivity index (χ0v) is 14.9. The lowest BCUT2D eigenvalue weighted by molar-refractivity contribution is 1.36. The Morgan fingerprint density at radius 1 is 0.500 bits per heavy atom. The molecule has 4 nitrogen and oxygen atoms in total. The fourth-order valence-electron chi connectivity index (χ4n) is 3.54. The minimum atomic E-state index is -0.0829. The molecule has 0 bridgehead atoms. The average Bonchev–Trinajstić information content (AvgIpc) is 2.74. The highest BCUT2D eigenvalue weighted by Gasteiger charge is 2.09. The first-order valence-corrected chi connectivity index (χ1v) is 9.04. The third kappa shape index (κ3) is 2.72. The predicted molar refractivity (Wildman–Crippen MR) is 114 cm³/mol. The predicted octanol–water partition coefficient (Wildman–Crippen LogP) is 4.70. The van der Waals surface area contributed by atoms with Crippen molar-refractivity contribution in [3.63, 3.8) is 0 Å². The maximum absolute atomic E-state index is 12.7. The molecular formula is C24H16N2O2. The van der Waals surface area contributed by atoms with Crippen LogP contribution < -0.4 is 10.9 Å². The molecule has 0 amide bonds. The van der Waals surface area contributed by atoms with Crippen molar-refractivity contribution in [3.8, 4) is 22.5 Å². The number of benzene rings is 3. The Morgan fingerprint density at radius 2 is 0.893 bits per heavy atom. The lowest BCUT2D eigenvalue weighted by Gasteiger charge is -2.08. The highest BCUT2D eigenvalue weighted by atomic mass is 16.1. The molecule has 5 aromatic rings. The van der Waals surface area contributed by atoms with Crippen molar-refractivity contribution >= 4 is 21.8 Å². The number of pyridine rings is 2. The maximum atomic E-state index is 12.7. The summed E-state index contributed by atoms with van der Waals surface area (Å²) in [5.74, 6) is 0. The van der Waals surface area contributed by atoms with Gasteiger partial charge in [-0.25, -0.2) is 0 Å². The molecule has 0 unspecified atom stereocenters. The van der Waals surface area contributed by atoms with Crippen molar-refractivity contribution in [2.75, 3.05) is 0 Å². The number of nitrogens with one attached hydrogen (secondary N) is 2. The van der Waals surface area contributed by atoms with E-state index in [4.69, 9.17) is 0 Å². The number of hydrogen-bond acceptors (Lipinski definition) is 2. The topological polar surface area (TPSA) is 65.7 Å².